The number of hydrogen-bond acceptors (Lipinski definition) is 3. The number of rotatable bonds is 6. The fourth-order valence-electron chi connectivity index (χ4n) is 3.47. The van der Waals surface area contributed by atoms with E-state index in [0.29, 0.717) is 28.2 Å². The van der Waals surface area contributed by atoms with Crippen molar-refractivity contribution in [2.45, 2.75) is 39.5 Å². The third kappa shape index (κ3) is 4.68. The number of allylic oxidation sites excluding steroid dienone is 1. The quantitative estimate of drug-likeness (QED) is 0.637. The van der Waals surface area contributed by atoms with Gasteiger partial charge in [-0.15, -0.1) is 0 Å². The van der Waals surface area contributed by atoms with Gasteiger partial charge in [0.15, 0.2) is 17.3 Å². The van der Waals surface area contributed by atoms with E-state index in [4.69, 9.17) is 0 Å². The van der Waals surface area contributed by atoms with Gasteiger partial charge < -0.3 is 0 Å². The van der Waals surface area contributed by atoms with Crippen LogP contribution in [0.15, 0.2) is 48.5 Å². The van der Waals surface area contributed by atoms with Gasteiger partial charge >= 0.3 is 0 Å². The molecule has 0 bridgehead atoms. The van der Waals surface area contributed by atoms with Crippen LogP contribution in [0.5, 0.6) is 0 Å². The molecular weight excluding hydrogens is 336 g/mol. The van der Waals surface area contributed by atoms with Gasteiger partial charge in [0.2, 0.25) is 0 Å². The van der Waals surface area contributed by atoms with Gasteiger partial charge in [0.25, 0.3) is 0 Å². The van der Waals surface area contributed by atoms with E-state index in [1.54, 1.807) is 30.3 Å². The second-order valence-corrected chi connectivity index (χ2v) is 7.27. The van der Waals surface area contributed by atoms with Crippen LogP contribution in [0, 0.1) is 5.92 Å². The molecule has 0 atom stereocenters. The highest BCUT2D eigenvalue weighted by Gasteiger charge is 2.15. The molecule has 0 radical (unpaired) electrons. The van der Waals surface area contributed by atoms with Crippen LogP contribution in [0.1, 0.15) is 81.7 Å². The number of carbonyl (C=O) groups excluding carboxylic acids is 3. The molecule has 3 rings (SSSR count). The highest BCUT2D eigenvalue weighted by Crippen LogP contribution is 2.26. The Kier molecular flexibility index (Phi) is 5.80. The SMILES string of the molecule is CC(=O)c1cc(C(C)=O)cc(C(=O)c2ccc(/C=C/C3CCCC3)cc2)c1. The second kappa shape index (κ2) is 8.26. The van der Waals surface area contributed by atoms with E-state index < -0.39 is 0 Å². The van der Waals surface area contributed by atoms with Crippen molar-refractivity contribution < 1.29 is 14.4 Å². The number of ketones is 3. The molecule has 0 heterocycles. The maximum Gasteiger partial charge on any atom is 0.193 e. The molecule has 0 aromatic heterocycles. The number of Topliss-reactive ketones (excluding diaryl/α,β-unsaturated/α-hetero) is 2. The summed E-state index contributed by atoms with van der Waals surface area (Å²) in [6.07, 6.45) is 9.53. The molecule has 0 amide bonds. The van der Waals surface area contributed by atoms with Crippen LogP contribution in [0.25, 0.3) is 6.08 Å². The van der Waals surface area contributed by atoms with Crippen molar-refractivity contribution in [2.24, 2.45) is 5.92 Å². The summed E-state index contributed by atoms with van der Waals surface area (Å²) in [6.45, 7) is 2.86. The van der Waals surface area contributed by atoms with Crippen molar-refractivity contribution in [2.75, 3.05) is 0 Å². The topological polar surface area (TPSA) is 51.2 Å². The maximum absolute atomic E-state index is 12.8. The van der Waals surface area contributed by atoms with Gasteiger partial charge in [-0.2, -0.15) is 0 Å². The van der Waals surface area contributed by atoms with E-state index in [0.717, 1.165) is 5.56 Å². The van der Waals surface area contributed by atoms with Gasteiger partial charge in [-0.25, -0.2) is 0 Å². The first-order valence-electron chi connectivity index (χ1n) is 9.44. The summed E-state index contributed by atoms with van der Waals surface area (Å²) in [7, 11) is 0. The Balaban J connectivity index is 1.83. The molecule has 2 aromatic carbocycles. The van der Waals surface area contributed by atoms with Crippen molar-refractivity contribution in [3.05, 3.63) is 76.4 Å². The summed E-state index contributed by atoms with van der Waals surface area (Å²) in [5.41, 5.74) is 2.73. The van der Waals surface area contributed by atoms with Gasteiger partial charge in [-0.3, -0.25) is 14.4 Å². The minimum Gasteiger partial charge on any atom is -0.295 e. The largest absolute Gasteiger partial charge is 0.295 e. The minimum atomic E-state index is -0.188. The highest BCUT2D eigenvalue weighted by atomic mass is 16.1. The van der Waals surface area contributed by atoms with E-state index in [2.05, 4.69) is 12.2 Å². The van der Waals surface area contributed by atoms with Crippen LogP contribution in [0.4, 0.5) is 0 Å². The van der Waals surface area contributed by atoms with Gasteiger partial charge in [0, 0.05) is 22.3 Å². The minimum absolute atomic E-state index is 0.167. The maximum atomic E-state index is 12.8. The summed E-state index contributed by atoms with van der Waals surface area (Å²) < 4.78 is 0. The number of hydrogen-bond donors (Lipinski definition) is 0. The third-order valence-electron chi connectivity index (χ3n) is 5.14. The second-order valence-electron chi connectivity index (χ2n) is 7.27. The molecule has 138 valence electrons. The summed E-state index contributed by atoms with van der Waals surface area (Å²) in [6, 6.07) is 12.1. The van der Waals surface area contributed by atoms with Gasteiger partial charge in [-0.05, 0) is 56.4 Å². The van der Waals surface area contributed by atoms with Crippen LogP contribution in [-0.4, -0.2) is 17.3 Å². The average Bonchev–Trinajstić information content (AvgIpc) is 3.19. The molecule has 0 saturated heterocycles. The first-order valence-corrected chi connectivity index (χ1v) is 9.44. The molecule has 0 N–H and O–H groups in total. The Bertz CT molecular complexity index is 865. The molecule has 1 fully saturated rings. The van der Waals surface area contributed by atoms with Crippen molar-refractivity contribution in [1.82, 2.24) is 0 Å². The molecule has 1 aliphatic carbocycles. The van der Waals surface area contributed by atoms with Crippen molar-refractivity contribution in [1.29, 1.82) is 0 Å². The Labute approximate surface area is 160 Å². The summed E-state index contributed by atoms with van der Waals surface area (Å²) in [4.78, 5) is 36.3. The predicted molar refractivity (Wildman–Crippen MR) is 107 cm³/mol. The predicted octanol–water partition coefficient (Wildman–Crippen LogP) is 5.53. The van der Waals surface area contributed by atoms with Gasteiger partial charge in [0.1, 0.15) is 0 Å². The fraction of sp³-hybridized carbons (Fsp3) is 0.292. The van der Waals surface area contributed by atoms with E-state index in [1.165, 1.54) is 39.5 Å². The lowest BCUT2D eigenvalue weighted by atomic mass is 9.95. The first kappa shape index (κ1) is 19.0. The van der Waals surface area contributed by atoms with E-state index in [1.807, 2.05) is 12.1 Å². The van der Waals surface area contributed by atoms with Crippen molar-refractivity contribution in [3.8, 4) is 0 Å². The van der Waals surface area contributed by atoms with Crippen LogP contribution in [0.2, 0.25) is 0 Å². The Morgan fingerprint density at radius 2 is 1.30 bits per heavy atom. The molecule has 3 nitrogen and oxygen atoms in total. The van der Waals surface area contributed by atoms with Gasteiger partial charge in [0.05, 0.1) is 0 Å². The van der Waals surface area contributed by atoms with E-state index >= 15 is 0 Å². The Morgan fingerprint density at radius 3 is 1.81 bits per heavy atom. The third-order valence-corrected chi connectivity index (χ3v) is 5.14. The first-order chi connectivity index (χ1) is 12.9. The molecule has 0 spiro atoms. The highest BCUT2D eigenvalue weighted by molar-refractivity contribution is 6.12. The van der Waals surface area contributed by atoms with Crippen molar-refractivity contribution in [3.63, 3.8) is 0 Å². The zero-order chi connectivity index (χ0) is 19.4. The standard InChI is InChI=1S/C24H24O3/c1-16(25)21-13-22(17(2)26)15-23(14-21)24(27)20-11-9-19(10-12-20)8-7-18-5-3-4-6-18/h7-15,18H,3-6H2,1-2H3/b8-7+. The lowest BCUT2D eigenvalue weighted by Gasteiger charge is -2.07. The Hall–Kier alpha value is -2.81. The number of benzene rings is 2. The smallest absolute Gasteiger partial charge is 0.193 e. The molecular formula is C24H24O3. The summed E-state index contributed by atoms with van der Waals surface area (Å²) in [5, 5.41) is 0. The van der Waals surface area contributed by atoms with E-state index in [9.17, 15) is 14.4 Å². The van der Waals surface area contributed by atoms with Crippen LogP contribution in [0.3, 0.4) is 0 Å². The summed E-state index contributed by atoms with van der Waals surface area (Å²) in [5.74, 6) is 0.150. The molecule has 1 saturated carbocycles. The molecule has 0 aliphatic heterocycles. The lowest BCUT2D eigenvalue weighted by Crippen LogP contribution is -2.07. The summed E-state index contributed by atoms with van der Waals surface area (Å²) >= 11 is 0. The monoisotopic (exact) mass is 360 g/mol. The van der Waals surface area contributed by atoms with Crippen LogP contribution >= 0.6 is 0 Å². The zero-order valence-electron chi connectivity index (χ0n) is 15.8. The van der Waals surface area contributed by atoms with Crippen LogP contribution < -0.4 is 0 Å². The lowest BCUT2D eigenvalue weighted by molar-refractivity contribution is 0.101. The fourth-order valence-corrected chi connectivity index (χ4v) is 3.47. The van der Waals surface area contributed by atoms with Gasteiger partial charge in [-0.1, -0.05) is 49.3 Å². The van der Waals surface area contributed by atoms with Crippen molar-refractivity contribution >= 4 is 23.4 Å². The van der Waals surface area contributed by atoms with Crippen LogP contribution in [-0.2, 0) is 0 Å². The molecule has 27 heavy (non-hydrogen) atoms. The average molecular weight is 360 g/mol. The molecule has 3 heteroatoms. The Morgan fingerprint density at radius 1 is 0.778 bits per heavy atom. The number of carbonyl (C=O) groups is 3. The molecule has 0 unspecified atom stereocenters. The normalized spacial score (nSPS) is 14.6. The van der Waals surface area contributed by atoms with E-state index in [-0.39, 0.29) is 17.3 Å². The zero-order valence-corrected chi connectivity index (χ0v) is 15.8. The molecule has 1 aliphatic rings. The molecule has 2 aromatic rings.